The van der Waals surface area contributed by atoms with Gasteiger partial charge in [-0.05, 0) is 44.0 Å². The van der Waals surface area contributed by atoms with Gasteiger partial charge in [0.1, 0.15) is 5.82 Å². The van der Waals surface area contributed by atoms with Crippen molar-refractivity contribution in [2.24, 2.45) is 4.99 Å². The van der Waals surface area contributed by atoms with E-state index in [1.165, 1.54) is 0 Å². The maximum atomic E-state index is 6.07. The molecule has 1 aliphatic heterocycles. The van der Waals surface area contributed by atoms with Gasteiger partial charge in [0.2, 0.25) is 5.95 Å². The van der Waals surface area contributed by atoms with Crippen LogP contribution in [0.2, 0.25) is 5.02 Å². The molecule has 0 radical (unpaired) electrons. The lowest BCUT2D eigenvalue weighted by Crippen LogP contribution is -2.37. The molecule has 8 heteroatoms. The van der Waals surface area contributed by atoms with Gasteiger partial charge in [-0.1, -0.05) is 11.6 Å². The van der Waals surface area contributed by atoms with Gasteiger partial charge < -0.3 is 9.64 Å². The van der Waals surface area contributed by atoms with Crippen molar-refractivity contribution in [1.29, 1.82) is 0 Å². The third kappa shape index (κ3) is 4.06. The molecule has 1 aromatic carbocycles. The molecule has 7 nitrogen and oxygen atoms in total. The number of aliphatic imine (C=N–C) groups is 1. The molecule has 2 aromatic heterocycles. The van der Waals surface area contributed by atoms with Crippen LogP contribution in [0.4, 0.5) is 5.95 Å². The highest BCUT2D eigenvalue weighted by molar-refractivity contribution is 6.30. The molecule has 0 atom stereocenters. The topological polar surface area (TPSA) is 68.4 Å². The van der Waals surface area contributed by atoms with Gasteiger partial charge in [-0.15, -0.1) is 0 Å². The van der Waals surface area contributed by atoms with E-state index >= 15 is 0 Å². The van der Waals surface area contributed by atoms with Gasteiger partial charge in [0, 0.05) is 48.1 Å². The summed E-state index contributed by atoms with van der Waals surface area (Å²) >= 11 is 6.07. The van der Waals surface area contributed by atoms with E-state index < -0.39 is 0 Å². The lowest BCUT2D eigenvalue weighted by Gasteiger charge is -2.26. The Bertz CT molecular complexity index is 1020. The highest BCUT2D eigenvalue weighted by atomic mass is 35.5. The van der Waals surface area contributed by atoms with Crippen molar-refractivity contribution in [2.75, 3.05) is 31.2 Å². The number of halogens is 1. The molecule has 0 saturated carbocycles. The number of aromatic nitrogens is 4. The molecule has 0 amide bonds. The first-order valence-electron chi connectivity index (χ1n) is 9.30. The van der Waals surface area contributed by atoms with E-state index in [-0.39, 0.29) is 0 Å². The Labute approximate surface area is 174 Å². The van der Waals surface area contributed by atoms with Crippen molar-refractivity contribution < 1.29 is 4.74 Å². The summed E-state index contributed by atoms with van der Waals surface area (Å²) in [6.45, 7) is 8.48. The predicted molar refractivity (Wildman–Crippen MR) is 116 cm³/mol. The second kappa shape index (κ2) is 8.55. The highest BCUT2D eigenvalue weighted by Crippen LogP contribution is 2.28. The third-order valence-electron chi connectivity index (χ3n) is 4.76. The number of nitrogens with zero attached hydrogens (tertiary/aromatic N) is 6. The van der Waals surface area contributed by atoms with Crippen molar-refractivity contribution in [1.82, 2.24) is 19.5 Å². The maximum Gasteiger partial charge on any atom is 0.225 e. The van der Waals surface area contributed by atoms with Gasteiger partial charge in [-0.25, -0.2) is 15.0 Å². The average Bonchev–Trinajstić information content (AvgIpc) is 3.10. The standard InChI is InChI=1S/C21H21ClN6O/c1-15-19(7-8-23-2)26-20(28(15)18-5-3-17(22)4-6-18)16-13-24-21(25-14-16)27-9-11-29-12-10-27/h3-8,13-14H,2,9-12H2,1H3/b8-7-. The van der Waals surface area contributed by atoms with E-state index in [0.29, 0.717) is 24.2 Å². The van der Waals surface area contributed by atoms with Gasteiger partial charge in [0.05, 0.1) is 24.5 Å². The second-order valence-electron chi connectivity index (χ2n) is 6.59. The van der Waals surface area contributed by atoms with Gasteiger partial charge in [0.15, 0.2) is 0 Å². The summed E-state index contributed by atoms with van der Waals surface area (Å²) in [7, 11) is 0. The zero-order chi connectivity index (χ0) is 20.2. The normalized spacial score (nSPS) is 14.5. The maximum absolute atomic E-state index is 6.07. The van der Waals surface area contributed by atoms with Crippen molar-refractivity contribution >= 4 is 30.3 Å². The van der Waals surface area contributed by atoms with Crippen molar-refractivity contribution in [3.8, 4) is 17.1 Å². The summed E-state index contributed by atoms with van der Waals surface area (Å²) in [6, 6.07) is 7.64. The zero-order valence-electron chi connectivity index (χ0n) is 16.1. The zero-order valence-corrected chi connectivity index (χ0v) is 16.9. The fraction of sp³-hybridized carbons (Fsp3) is 0.238. The molecule has 0 bridgehead atoms. The number of ether oxygens (including phenoxy) is 1. The van der Waals surface area contributed by atoms with E-state index in [1.54, 1.807) is 6.20 Å². The molecule has 1 saturated heterocycles. The van der Waals surface area contributed by atoms with E-state index in [0.717, 1.165) is 41.6 Å². The Balaban J connectivity index is 1.76. The molecular formula is C21H21ClN6O. The Morgan fingerprint density at radius 3 is 2.48 bits per heavy atom. The van der Waals surface area contributed by atoms with Crippen LogP contribution in [0.25, 0.3) is 23.2 Å². The second-order valence-corrected chi connectivity index (χ2v) is 7.02. The van der Waals surface area contributed by atoms with E-state index in [2.05, 4.69) is 31.1 Å². The molecule has 0 spiro atoms. The van der Waals surface area contributed by atoms with E-state index in [1.807, 2.05) is 49.7 Å². The molecule has 0 N–H and O–H groups in total. The number of benzene rings is 1. The molecule has 3 heterocycles. The highest BCUT2D eigenvalue weighted by Gasteiger charge is 2.18. The predicted octanol–water partition coefficient (Wildman–Crippen LogP) is 3.80. The number of rotatable bonds is 5. The van der Waals surface area contributed by atoms with Crippen LogP contribution in [0.15, 0.2) is 47.9 Å². The Kier molecular flexibility index (Phi) is 5.69. The summed E-state index contributed by atoms with van der Waals surface area (Å²) in [5.74, 6) is 1.46. The van der Waals surface area contributed by atoms with Crippen LogP contribution < -0.4 is 4.90 Å². The van der Waals surface area contributed by atoms with Crippen LogP contribution in [0.1, 0.15) is 11.4 Å². The van der Waals surface area contributed by atoms with E-state index in [9.17, 15) is 0 Å². The minimum absolute atomic E-state index is 0.683. The monoisotopic (exact) mass is 408 g/mol. The van der Waals surface area contributed by atoms with Gasteiger partial charge in [0.25, 0.3) is 0 Å². The number of anilines is 1. The molecule has 1 fully saturated rings. The van der Waals surface area contributed by atoms with Crippen molar-refractivity contribution in [3.05, 3.63) is 59.3 Å². The van der Waals surface area contributed by atoms with Crippen LogP contribution in [0.5, 0.6) is 0 Å². The number of morpholine rings is 1. The molecule has 1 aliphatic rings. The minimum Gasteiger partial charge on any atom is -0.378 e. The molecule has 0 unspecified atom stereocenters. The summed E-state index contributed by atoms with van der Waals surface area (Å²) in [5, 5.41) is 0.683. The SMILES string of the molecule is C=N/C=C\c1nc(-c2cnc(N3CCOCC3)nc2)n(-c2ccc(Cl)cc2)c1C. The first-order valence-corrected chi connectivity index (χ1v) is 9.68. The summed E-state index contributed by atoms with van der Waals surface area (Å²) in [5.41, 5.74) is 3.56. The van der Waals surface area contributed by atoms with Gasteiger partial charge >= 0.3 is 0 Å². The Morgan fingerprint density at radius 1 is 1.14 bits per heavy atom. The van der Waals surface area contributed by atoms with Crippen LogP contribution in [0.3, 0.4) is 0 Å². The van der Waals surface area contributed by atoms with Crippen LogP contribution in [-0.4, -0.2) is 52.5 Å². The van der Waals surface area contributed by atoms with Gasteiger partial charge in [-0.2, -0.15) is 0 Å². The number of hydrogen-bond donors (Lipinski definition) is 0. The lowest BCUT2D eigenvalue weighted by molar-refractivity contribution is 0.122. The Morgan fingerprint density at radius 2 is 1.83 bits per heavy atom. The Hall–Kier alpha value is -3.03. The first-order chi connectivity index (χ1) is 14.2. The molecule has 29 heavy (non-hydrogen) atoms. The molecular weight excluding hydrogens is 388 g/mol. The molecule has 3 aromatic rings. The fourth-order valence-corrected chi connectivity index (χ4v) is 3.39. The lowest BCUT2D eigenvalue weighted by atomic mass is 10.2. The largest absolute Gasteiger partial charge is 0.378 e. The van der Waals surface area contributed by atoms with Gasteiger partial charge in [-0.3, -0.25) is 9.56 Å². The average molecular weight is 409 g/mol. The fourth-order valence-electron chi connectivity index (χ4n) is 3.26. The van der Waals surface area contributed by atoms with Crippen LogP contribution in [-0.2, 0) is 4.74 Å². The quantitative estimate of drug-likeness (QED) is 0.600. The van der Waals surface area contributed by atoms with Crippen LogP contribution in [0, 0.1) is 6.92 Å². The molecule has 0 aliphatic carbocycles. The van der Waals surface area contributed by atoms with E-state index in [4.69, 9.17) is 21.3 Å². The third-order valence-corrected chi connectivity index (χ3v) is 5.01. The van der Waals surface area contributed by atoms with Crippen molar-refractivity contribution in [2.45, 2.75) is 6.92 Å². The van der Waals surface area contributed by atoms with Crippen LogP contribution >= 0.6 is 11.6 Å². The van der Waals surface area contributed by atoms with Crippen molar-refractivity contribution in [3.63, 3.8) is 0 Å². The first kappa shape index (κ1) is 19.3. The number of imidazole rings is 1. The minimum atomic E-state index is 0.683. The summed E-state index contributed by atoms with van der Waals surface area (Å²) < 4.78 is 7.46. The number of hydrogen-bond acceptors (Lipinski definition) is 6. The molecule has 4 rings (SSSR count). The summed E-state index contributed by atoms with van der Waals surface area (Å²) in [4.78, 5) is 19.8. The smallest absolute Gasteiger partial charge is 0.225 e. The summed E-state index contributed by atoms with van der Waals surface area (Å²) in [6.07, 6.45) is 7.08. The molecule has 148 valence electrons.